The van der Waals surface area contributed by atoms with Gasteiger partial charge in [0.2, 0.25) is 0 Å². The highest BCUT2D eigenvalue weighted by Crippen LogP contribution is 2.27. The molecule has 0 aromatic heterocycles. The minimum Gasteiger partial charge on any atom is -0.453 e. The number of nitrogens with one attached hydrogen (secondary N) is 2. The Hall–Kier alpha value is -3.02. The Balaban J connectivity index is 1.59. The smallest absolute Gasteiger partial charge is 0.411 e. The van der Waals surface area contributed by atoms with Crippen molar-refractivity contribution in [3.8, 4) is 0 Å². The Morgan fingerprint density at radius 1 is 1.04 bits per heavy atom. The van der Waals surface area contributed by atoms with Gasteiger partial charge in [0, 0.05) is 30.4 Å². The van der Waals surface area contributed by atoms with Crippen LogP contribution in [0.1, 0.15) is 17.9 Å². The lowest BCUT2D eigenvalue weighted by atomic mass is 9.99. The average molecular weight is 339 g/mol. The van der Waals surface area contributed by atoms with Crippen molar-refractivity contribution in [2.24, 2.45) is 0 Å². The number of urea groups is 1. The summed E-state index contributed by atoms with van der Waals surface area (Å²) in [5.74, 6) is 0.374. The highest BCUT2D eigenvalue weighted by molar-refractivity contribution is 5.91. The number of carbonyl (C=O) groups is 2. The van der Waals surface area contributed by atoms with E-state index in [1.807, 2.05) is 23.1 Å². The van der Waals surface area contributed by atoms with E-state index in [4.69, 9.17) is 0 Å². The molecule has 6 nitrogen and oxygen atoms in total. The summed E-state index contributed by atoms with van der Waals surface area (Å²) < 4.78 is 4.56. The van der Waals surface area contributed by atoms with Crippen molar-refractivity contribution in [2.45, 2.75) is 12.3 Å². The predicted molar refractivity (Wildman–Crippen MR) is 96.9 cm³/mol. The molecule has 0 radical (unpaired) electrons. The molecule has 1 saturated heterocycles. The molecule has 0 spiro atoms. The summed E-state index contributed by atoms with van der Waals surface area (Å²) in [4.78, 5) is 25.6. The van der Waals surface area contributed by atoms with Crippen LogP contribution in [-0.4, -0.2) is 37.2 Å². The van der Waals surface area contributed by atoms with E-state index in [1.54, 1.807) is 24.3 Å². The van der Waals surface area contributed by atoms with Gasteiger partial charge in [0.1, 0.15) is 0 Å². The summed E-state index contributed by atoms with van der Waals surface area (Å²) in [6.45, 7) is 1.43. The van der Waals surface area contributed by atoms with Crippen molar-refractivity contribution >= 4 is 23.5 Å². The summed E-state index contributed by atoms with van der Waals surface area (Å²) in [6.07, 6.45) is 0.412. The van der Waals surface area contributed by atoms with Gasteiger partial charge < -0.3 is 15.0 Å². The number of ether oxygens (including phenoxy) is 1. The fourth-order valence-electron chi connectivity index (χ4n) is 2.99. The SMILES string of the molecule is COC(=O)Nc1cccc(NC(=O)N2CC[C@@H](c3ccccc3)C2)c1. The molecule has 1 atom stereocenters. The third kappa shape index (κ3) is 4.29. The zero-order valence-corrected chi connectivity index (χ0v) is 14.1. The molecule has 0 aliphatic carbocycles. The van der Waals surface area contributed by atoms with Gasteiger partial charge in [-0.15, -0.1) is 0 Å². The molecule has 0 saturated carbocycles. The molecule has 0 unspecified atom stereocenters. The Kier molecular flexibility index (Phi) is 5.18. The van der Waals surface area contributed by atoms with Crippen LogP contribution in [0.4, 0.5) is 21.0 Å². The van der Waals surface area contributed by atoms with E-state index in [2.05, 4.69) is 27.5 Å². The number of carbonyl (C=O) groups excluding carboxylic acids is 2. The number of methoxy groups -OCH3 is 1. The fraction of sp³-hybridized carbons (Fsp3) is 0.263. The van der Waals surface area contributed by atoms with Gasteiger partial charge in [-0.2, -0.15) is 0 Å². The molecule has 1 aliphatic heterocycles. The first-order valence-electron chi connectivity index (χ1n) is 8.21. The lowest BCUT2D eigenvalue weighted by Crippen LogP contribution is -2.32. The number of rotatable bonds is 3. The van der Waals surface area contributed by atoms with Gasteiger partial charge in [0.15, 0.2) is 0 Å². The highest BCUT2D eigenvalue weighted by Gasteiger charge is 2.27. The van der Waals surface area contributed by atoms with Gasteiger partial charge >= 0.3 is 12.1 Å². The number of nitrogens with zero attached hydrogens (tertiary/aromatic N) is 1. The minimum absolute atomic E-state index is 0.131. The van der Waals surface area contributed by atoms with Crippen molar-refractivity contribution in [3.63, 3.8) is 0 Å². The normalized spacial score (nSPS) is 16.4. The molecule has 3 rings (SSSR count). The third-order valence-electron chi connectivity index (χ3n) is 4.29. The Morgan fingerprint density at radius 2 is 1.76 bits per heavy atom. The fourth-order valence-corrected chi connectivity index (χ4v) is 2.99. The second-order valence-electron chi connectivity index (χ2n) is 5.97. The molecule has 25 heavy (non-hydrogen) atoms. The third-order valence-corrected chi connectivity index (χ3v) is 4.29. The van der Waals surface area contributed by atoms with Gasteiger partial charge in [0.25, 0.3) is 0 Å². The molecule has 2 N–H and O–H groups in total. The summed E-state index contributed by atoms with van der Waals surface area (Å²) >= 11 is 0. The van der Waals surface area contributed by atoms with Crippen LogP contribution >= 0.6 is 0 Å². The second-order valence-corrected chi connectivity index (χ2v) is 5.97. The summed E-state index contributed by atoms with van der Waals surface area (Å²) in [5, 5.41) is 5.46. The Labute approximate surface area is 146 Å². The minimum atomic E-state index is -0.547. The number of likely N-dealkylation sites (tertiary alicyclic amines) is 1. The lowest BCUT2D eigenvalue weighted by molar-refractivity contribution is 0.187. The van der Waals surface area contributed by atoms with E-state index in [-0.39, 0.29) is 6.03 Å². The molecule has 130 valence electrons. The van der Waals surface area contributed by atoms with E-state index in [0.29, 0.717) is 23.8 Å². The molecule has 6 heteroatoms. The van der Waals surface area contributed by atoms with Crippen LogP contribution < -0.4 is 10.6 Å². The van der Waals surface area contributed by atoms with Crippen molar-refractivity contribution in [1.29, 1.82) is 0 Å². The average Bonchev–Trinajstić information content (AvgIpc) is 3.13. The van der Waals surface area contributed by atoms with Gasteiger partial charge in [-0.25, -0.2) is 9.59 Å². The summed E-state index contributed by atoms with van der Waals surface area (Å²) in [7, 11) is 1.30. The van der Waals surface area contributed by atoms with E-state index >= 15 is 0 Å². The first-order chi connectivity index (χ1) is 12.2. The maximum Gasteiger partial charge on any atom is 0.411 e. The highest BCUT2D eigenvalue weighted by atomic mass is 16.5. The van der Waals surface area contributed by atoms with Crippen LogP contribution in [-0.2, 0) is 4.74 Å². The first-order valence-corrected chi connectivity index (χ1v) is 8.21. The standard InChI is InChI=1S/C19H21N3O3/c1-25-19(24)21-17-9-5-8-16(12-17)20-18(23)22-11-10-15(13-22)14-6-3-2-4-7-14/h2-9,12,15H,10-11,13H2,1H3,(H,20,23)(H,21,24)/t15-/m1/s1. The predicted octanol–water partition coefficient (Wildman–Crippen LogP) is 3.89. The van der Waals surface area contributed by atoms with E-state index in [0.717, 1.165) is 13.0 Å². The molecule has 2 aromatic rings. The van der Waals surface area contributed by atoms with E-state index in [9.17, 15) is 9.59 Å². The van der Waals surface area contributed by atoms with Crippen LogP contribution in [0.15, 0.2) is 54.6 Å². The Bertz CT molecular complexity index is 749. The molecule has 1 heterocycles. The largest absolute Gasteiger partial charge is 0.453 e. The zero-order valence-electron chi connectivity index (χ0n) is 14.1. The van der Waals surface area contributed by atoms with Crippen LogP contribution in [0.5, 0.6) is 0 Å². The molecule has 2 aromatic carbocycles. The topological polar surface area (TPSA) is 70.7 Å². The van der Waals surface area contributed by atoms with Crippen molar-refractivity contribution in [2.75, 3.05) is 30.8 Å². The van der Waals surface area contributed by atoms with Gasteiger partial charge in [-0.05, 0) is 30.2 Å². The zero-order chi connectivity index (χ0) is 17.6. The second kappa shape index (κ2) is 7.70. The monoisotopic (exact) mass is 339 g/mol. The molecule has 0 bridgehead atoms. The van der Waals surface area contributed by atoms with E-state index in [1.165, 1.54) is 12.7 Å². The quantitative estimate of drug-likeness (QED) is 0.891. The van der Waals surface area contributed by atoms with Crippen LogP contribution in [0.3, 0.4) is 0 Å². The summed E-state index contributed by atoms with van der Waals surface area (Å²) in [5.41, 5.74) is 2.46. The van der Waals surface area contributed by atoms with Crippen LogP contribution in [0.25, 0.3) is 0 Å². The number of amides is 3. The van der Waals surface area contributed by atoms with Gasteiger partial charge in [0.05, 0.1) is 7.11 Å². The van der Waals surface area contributed by atoms with Gasteiger partial charge in [-0.3, -0.25) is 5.32 Å². The summed E-state index contributed by atoms with van der Waals surface area (Å²) in [6, 6.07) is 17.1. The molecule has 1 aliphatic rings. The van der Waals surface area contributed by atoms with E-state index < -0.39 is 6.09 Å². The maximum absolute atomic E-state index is 12.5. The molecular weight excluding hydrogens is 318 g/mol. The molecule has 1 fully saturated rings. The number of anilines is 2. The maximum atomic E-state index is 12.5. The lowest BCUT2D eigenvalue weighted by Gasteiger charge is -2.18. The van der Waals surface area contributed by atoms with Crippen molar-refractivity contribution in [1.82, 2.24) is 4.90 Å². The number of hydrogen-bond acceptors (Lipinski definition) is 3. The van der Waals surface area contributed by atoms with Gasteiger partial charge in [-0.1, -0.05) is 36.4 Å². The number of hydrogen-bond donors (Lipinski definition) is 2. The first kappa shape index (κ1) is 16.8. The van der Waals surface area contributed by atoms with Crippen LogP contribution in [0, 0.1) is 0 Å². The number of benzene rings is 2. The molecule has 3 amide bonds. The molecular formula is C19H21N3O3. The van der Waals surface area contributed by atoms with Crippen LogP contribution in [0.2, 0.25) is 0 Å². The van der Waals surface area contributed by atoms with Crippen molar-refractivity contribution in [3.05, 3.63) is 60.2 Å². The van der Waals surface area contributed by atoms with Crippen molar-refractivity contribution < 1.29 is 14.3 Å². The Morgan fingerprint density at radius 3 is 2.48 bits per heavy atom.